The van der Waals surface area contributed by atoms with Crippen LogP contribution in [0.1, 0.15) is 29.2 Å². The summed E-state index contributed by atoms with van der Waals surface area (Å²) in [6.07, 6.45) is 1.86. The van der Waals surface area contributed by atoms with Gasteiger partial charge < -0.3 is 10.1 Å². The van der Waals surface area contributed by atoms with Crippen molar-refractivity contribution in [1.82, 2.24) is 5.32 Å². The highest BCUT2D eigenvalue weighted by Crippen LogP contribution is 2.22. The van der Waals surface area contributed by atoms with Crippen LogP contribution in [0.15, 0.2) is 42.5 Å². The van der Waals surface area contributed by atoms with Crippen molar-refractivity contribution in [2.45, 2.75) is 25.8 Å². The van der Waals surface area contributed by atoms with Crippen molar-refractivity contribution >= 4 is 0 Å². The van der Waals surface area contributed by atoms with Crippen LogP contribution in [0.5, 0.6) is 5.75 Å². The Kier molecular flexibility index (Phi) is 5.34. The molecule has 0 bridgehead atoms. The Morgan fingerprint density at radius 3 is 2.43 bits per heavy atom. The van der Waals surface area contributed by atoms with Crippen LogP contribution in [0, 0.1) is 12.7 Å². The van der Waals surface area contributed by atoms with Crippen LogP contribution in [0.3, 0.4) is 0 Å². The second-order valence-corrected chi connectivity index (χ2v) is 5.24. The lowest BCUT2D eigenvalue weighted by atomic mass is 9.98. The fraction of sp³-hybridized carbons (Fsp3) is 0.333. The van der Waals surface area contributed by atoms with E-state index >= 15 is 0 Å². The maximum Gasteiger partial charge on any atom is 0.126 e. The van der Waals surface area contributed by atoms with E-state index in [1.807, 2.05) is 31.3 Å². The summed E-state index contributed by atoms with van der Waals surface area (Å²) < 4.78 is 18.8. The zero-order chi connectivity index (χ0) is 15.2. The molecule has 21 heavy (non-hydrogen) atoms. The van der Waals surface area contributed by atoms with Gasteiger partial charge in [-0.1, -0.05) is 24.3 Å². The average Bonchev–Trinajstić information content (AvgIpc) is 2.52. The lowest BCUT2D eigenvalue weighted by Gasteiger charge is -2.17. The molecule has 0 amide bonds. The maximum atomic E-state index is 13.7. The zero-order valence-electron chi connectivity index (χ0n) is 12.8. The van der Waals surface area contributed by atoms with E-state index in [1.165, 1.54) is 5.56 Å². The molecule has 1 atom stereocenters. The summed E-state index contributed by atoms with van der Waals surface area (Å²) in [7, 11) is 3.58. The number of rotatable bonds is 6. The first-order chi connectivity index (χ1) is 10.1. The van der Waals surface area contributed by atoms with Crippen LogP contribution in [-0.4, -0.2) is 14.2 Å². The summed E-state index contributed by atoms with van der Waals surface area (Å²) in [4.78, 5) is 0. The van der Waals surface area contributed by atoms with Gasteiger partial charge in [-0.05, 0) is 61.7 Å². The number of methoxy groups -OCH3 is 1. The Morgan fingerprint density at radius 2 is 1.86 bits per heavy atom. The Bertz CT molecular complexity index is 580. The lowest BCUT2D eigenvalue weighted by molar-refractivity contribution is 0.414. The van der Waals surface area contributed by atoms with Crippen LogP contribution in [0.4, 0.5) is 4.39 Å². The summed E-state index contributed by atoms with van der Waals surface area (Å²) in [6.45, 7) is 1.78. The van der Waals surface area contributed by atoms with E-state index in [2.05, 4.69) is 17.4 Å². The minimum absolute atomic E-state index is 0.141. The molecule has 0 heterocycles. The topological polar surface area (TPSA) is 21.3 Å². The second-order valence-electron chi connectivity index (χ2n) is 5.24. The molecule has 0 saturated carbocycles. The number of halogens is 1. The van der Waals surface area contributed by atoms with Crippen molar-refractivity contribution < 1.29 is 9.13 Å². The van der Waals surface area contributed by atoms with Gasteiger partial charge in [-0.3, -0.25) is 0 Å². The lowest BCUT2D eigenvalue weighted by Crippen LogP contribution is -2.17. The van der Waals surface area contributed by atoms with Gasteiger partial charge in [0.05, 0.1) is 7.11 Å². The smallest absolute Gasteiger partial charge is 0.126 e. The molecule has 1 N–H and O–H groups in total. The number of ether oxygens (including phenoxy) is 1. The molecule has 0 spiro atoms. The van der Waals surface area contributed by atoms with Gasteiger partial charge in [0.1, 0.15) is 11.6 Å². The van der Waals surface area contributed by atoms with Crippen LogP contribution < -0.4 is 10.1 Å². The minimum Gasteiger partial charge on any atom is -0.497 e. The molecule has 0 fully saturated rings. The van der Waals surface area contributed by atoms with Gasteiger partial charge in [0.2, 0.25) is 0 Å². The molecule has 0 radical (unpaired) electrons. The third kappa shape index (κ3) is 4.05. The molecular formula is C18H22FNO. The SMILES string of the molecule is CNC(CCc1ccc(OC)cc1)c1ccc(C)c(F)c1. The molecule has 0 aromatic heterocycles. The predicted molar refractivity (Wildman–Crippen MR) is 84.3 cm³/mol. The van der Waals surface area contributed by atoms with Crippen molar-refractivity contribution in [3.05, 3.63) is 65.0 Å². The van der Waals surface area contributed by atoms with Crippen LogP contribution in [0.2, 0.25) is 0 Å². The summed E-state index contributed by atoms with van der Waals surface area (Å²) >= 11 is 0. The van der Waals surface area contributed by atoms with E-state index in [1.54, 1.807) is 20.1 Å². The molecule has 0 saturated heterocycles. The van der Waals surface area contributed by atoms with Crippen LogP contribution in [0.25, 0.3) is 0 Å². The fourth-order valence-corrected chi connectivity index (χ4v) is 2.41. The molecule has 0 aliphatic rings. The largest absolute Gasteiger partial charge is 0.497 e. The van der Waals surface area contributed by atoms with Gasteiger partial charge in [0, 0.05) is 6.04 Å². The van der Waals surface area contributed by atoms with Crippen LogP contribution >= 0.6 is 0 Å². The van der Waals surface area contributed by atoms with Crippen molar-refractivity contribution in [3.63, 3.8) is 0 Å². The molecule has 3 heteroatoms. The quantitative estimate of drug-likeness (QED) is 0.866. The highest BCUT2D eigenvalue weighted by molar-refractivity contribution is 5.28. The second kappa shape index (κ2) is 7.23. The third-order valence-corrected chi connectivity index (χ3v) is 3.83. The van der Waals surface area contributed by atoms with E-state index in [0.29, 0.717) is 5.56 Å². The predicted octanol–water partition coefficient (Wildman–Crippen LogP) is 4.04. The van der Waals surface area contributed by atoms with Gasteiger partial charge >= 0.3 is 0 Å². The number of benzene rings is 2. The molecule has 0 aliphatic heterocycles. The molecule has 2 aromatic carbocycles. The Labute approximate surface area is 126 Å². The number of nitrogens with one attached hydrogen (secondary N) is 1. The molecule has 2 aromatic rings. The summed E-state index contributed by atoms with van der Waals surface area (Å²) in [5.41, 5.74) is 2.93. The monoisotopic (exact) mass is 287 g/mol. The van der Waals surface area contributed by atoms with E-state index < -0.39 is 0 Å². The van der Waals surface area contributed by atoms with Gasteiger partial charge in [0.15, 0.2) is 0 Å². The summed E-state index contributed by atoms with van der Waals surface area (Å²) in [6, 6.07) is 13.7. The number of aryl methyl sites for hydroxylation is 2. The van der Waals surface area contributed by atoms with Gasteiger partial charge in [0.25, 0.3) is 0 Å². The van der Waals surface area contributed by atoms with Crippen LogP contribution in [-0.2, 0) is 6.42 Å². The standard InChI is InChI=1S/C18H22FNO/c1-13-4-8-15(12-17(13)19)18(20-2)11-7-14-5-9-16(21-3)10-6-14/h4-6,8-10,12,18,20H,7,11H2,1-3H3. The first-order valence-corrected chi connectivity index (χ1v) is 7.20. The molecule has 2 nitrogen and oxygen atoms in total. The fourth-order valence-electron chi connectivity index (χ4n) is 2.41. The van der Waals surface area contributed by atoms with Gasteiger partial charge in [-0.2, -0.15) is 0 Å². The van der Waals surface area contributed by atoms with E-state index in [-0.39, 0.29) is 11.9 Å². The van der Waals surface area contributed by atoms with Gasteiger partial charge in [-0.25, -0.2) is 4.39 Å². The van der Waals surface area contributed by atoms with Crippen molar-refractivity contribution in [3.8, 4) is 5.75 Å². The van der Waals surface area contributed by atoms with Crippen molar-refractivity contribution in [1.29, 1.82) is 0 Å². The van der Waals surface area contributed by atoms with Crippen molar-refractivity contribution in [2.24, 2.45) is 0 Å². The third-order valence-electron chi connectivity index (χ3n) is 3.83. The Hall–Kier alpha value is -1.87. The van der Waals surface area contributed by atoms with E-state index in [4.69, 9.17) is 4.74 Å². The maximum absolute atomic E-state index is 13.7. The molecule has 112 valence electrons. The van der Waals surface area contributed by atoms with E-state index in [0.717, 1.165) is 24.2 Å². The zero-order valence-corrected chi connectivity index (χ0v) is 12.8. The first-order valence-electron chi connectivity index (χ1n) is 7.20. The minimum atomic E-state index is -0.141. The Morgan fingerprint density at radius 1 is 1.14 bits per heavy atom. The van der Waals surface area contributed by atoms with Crippen molar-refractivity contribution in [2.75, 3.05) is 14.2 Å². The first kappa shape index (κ1) is 15.5. The normalized spacial score (nSPS) is 12.2. The Balaban J connectivity index is 2.02. The highest BCUT2D eigenvalue weighted by atomic mass is 19.1. The highest BCUT2D eigenvalue weighted by Gasteiger charge is 2.11. The number of hydrogen-bond donors (Lipinski definition) is 1. The van der Waals surface area contributed by atoms with E-state index in [9.17, 15) is 4.39 Å². The number of hydrogen-bond acceptors (Lipinski definition) is 2. The van der Waals surface area contributed by atoms with Gasteiger partial charge in [-0.15, -0.1) is 0 Å². The molecular weight excluding hydrogens is 265 g/mol. The summed E-state index contributed by atoms with van der Waals surface area (Å²) in [5, 5.41) is 3.27. The molecule has 0 aliphatic carbocycles. The average molecular weight is 287 g/mol. The molecule has 2 rings (SSSR count). The summed E-state index contributed by atoms with van der Waals surface area (Å²) in [5.74, 6) is 0.724. The molecule has 1 unspecified atom stereocenters.